The molecular formula is C24H32N2O5. The molecule has 168 valence electrons. The SMILES string of the molecule is COc1c(Oc2ccc(CCN)cc2)cc(C(=O)N2CCC(C)CC2)c(OC)c1OC. The molecule has 2 aromatic carbocycles. The number of hydrogen-bond acceptors (Lipinski definition) is 6. The van der Waals surface area contributed by atoms with Crippen LogP contribution in [-0.4, -0.2) is 51.8 Å². The number of nitrogens with two attached hydrogens (primary N) is 1. The molecule has 1 aliphatic heterocycles. The van der Waals surface area contributed by atoms with Gasteiger partial charge in [-0.2, -0.15) is 0 Å². The third-order valence-electron chi connectivity index (χ3n) is 5.65. The Morgan fingerprint density at radius 2 is 1.61 bits per heavy atom. The highest BCUT2D eigenvalue weighted by Crippen LogP contribution is 2.48. The van der Waals surface area contributed by atoms with Crippen molar-refractivity contribution in [3.63, 3.8) is 0 Å². The molecule has 1 amide bonds. The Hall–Kier alpha value is -2.93. The predicted octanol–water partition coefficient (Wildman–Crippen LogP) is 3.88. The maximum atomic E-state index is 13.4. The molecule has 1 saturated heterocycles. The largest absolute Gasteiger partial charge is 0.492 e. The second-order valence-electron chi connectivity index (χ2n) is 7.78. The molecule has 0 unspecified atom stereocenters. The molecule has 3 rings (SSSR count). The molecule has 2 aromatic rings. The van der Waals surface area contributed by atoms with Crippen LogP contribution in [0.5, 0.6) is 28.7 Å². The highest BCUT2D eigenvalue weighted by molar-refractivity contribution is 5.99. The van der Waals surface area contributed by atoms with Gasteiger partial charge in [0.1, 0.15) is 5.75 Å². The standard InChI is InChI=1S/C24H32N2O5/c1-16-10-13-26(14-11-16)24(27)19-15-20(22(29-3)23(30-4)21(19)28-2)31-18-7-5-17(6-8-18)9-12-25/h5-8,15-16H,9-14,25H2,1-4H3. The number of hydrogen-bond donors (Lipinski definition) is 1. The molecule has 0 saturated carbocycles. The van der Waals surface area contributed by atoms with Crippen molar-refractivity contribution in [1.29, 1.82) is 0 Å². The zero-order valence-electron chi connectivity index (χ0n) is 18.8. The molecule has 2 N–H and O–H groups in total. The summed E-state index contributed by atoms with van der Waals surface area (Å²) in [7, 11) is 4.56. The molecule has 1 fully saturated rings. The van der Waals surface area contributed by atoms with Crippen LogP contribution in [-0.2, 0) is 6.42 Å². The summed E-state index contributed by atoms with van der Waals surface area (Å²) in [6.45, 7) is 4.24. The Morgan fingerprint density at radius 1 is 1.00 bits per heavy atom. The average molecular weight is 429 g/mol. The fourth-order valence-electron chi connectivity index (χ4n) is 3.82. The van der Waals surface area contributed by atoms with Gasteiger partial charge in [0.05, 0.1) is 26.9 Å². The first-order valence-electron chi connectivity index (χ1n) is 10.6. The number of carbonyl (C=O) groups is 1. The first-order chi connectivity index (χ1) is 15.0. The summed E-state index contributed by atoms with van der Waals surface area (Å²) in [6.07, 6.45) is 2.77. The first kappa shape index (κ1) is 22.7. The topological polar surface area (TPSA) is 83.3 Å². The summed E-state index contributed by atoms with van der Waals surface area (Å²) in [6, 6.07) is 9.35. The monoisotopic (exact) mass is 428 g/mol. The smallest absolute Gasteiger partial charge is 0.257 e. The molecule has 0 aliphatic carbocycles. The summed E-state index contributed by atoms with van der Waals surface area (Å²) in [4.78, 5) is 15.2. The van der Waals surface area contributed by atoms with Crippen LogP contribution in [0.2, 0.25) is 0 Å². The van der Waals surface area contributed by atoms with Crippen LogP contribution < -0.4 is 24.7 Å². The lowest BCUT2D eigenvalue weighted by Gasteiger charge is -2.31. The Balaban J connectivity index is 1.99. The first-order valence-corrected chi connectivity index (χ1v) is 10.6. The van der Waals surface area contributed by atoms with Gasteiger partial charge in [0.15, 0.2) is 11.5 Å². The maximum Gasteiger partial charge on any atom is 0.257 e. The van der Waals surface area contributed by atoms with Gasteiger partial charge in [-0.3, -0.25) is 4.79 Å². The molecule has 1 aliphatic rings. The van der Waals surface area contributed by atoms with Gasteiger partial charge >= 0.3 is 0 Å². The number of piperidine rings is 1. The van der Waals surface area contributed by atoms with Gasteiger partial charge in [0.2, 0.25) is 11.5 Å². The van der Waals surface area contributed by atoms with Crippen LogP contribution in [0.4, 0.5) is 0 Å². The zero-order valence-corrected chi connectivity index (χ0v) is 18.8. The lowest BCUT2D eigenvalue weighted by molar-refractivity contribution is 0.0692. The lowest BCUT2D eigenvalue weighted by Crippen LogP contribution is -2.38. The number of methoxy groups -OCH3 is 3. The van der Waals surface area contributed by atoms with E-state index in [1.165, 1.54) is 21.3 Å². The average Bonchev–Trinajstić information content (AvgIpc) is 2.79. The van der Waals surface area contributed by atoms with Crippen molar-refractivity contribution in [3.8, 4) is 28.7 Å². The number of likely N-dealkylation sites (tertiary alicyclic amines) is 1. The van der Waals surface area contributed by atoms with Gasteiger partial charge in [-0.1, -0.05) is 19.1 Å². The quantitative estimate of drug-likeness (QED) is 0.687. The molecule has 31 heavy (non-hydrogen) atoms. The van der Waals surface area contributed by atoms with Gasteiger partial charge in [0.25, 0.3) is 5.91 Å². The normalized spacial score (nSPS) is 14.3. The van der Waals surface area contributed by atoms with Crippen molar-refractivity contribution >= 4 is 5.91 Å². The van der Waals surface area contributed by atoms with Gasteiger partial charge in [0, 0.05) is 19.2 Å². The summed E-state index contributed by atoms with van der Waals surface area (Å²) in [5, 5.41) is 0. The van der Waals surface area contributed by atoms with E-state index in [9.17, 15) is 4.79 Å². The van der Waals surface area contributed by atoms with Crippen molar-refractivity contribution < 1.29 is 23.7 Å². The Labute approximate surface area is 184 Å². The van der Waals surface area contributed by atoms with E-state index in [0.717, 1.165) is 37.9 Å². The van der Waals surface area contributed by atoms with Gasteiger partial charge in [-0.25, -0.2) is 0 Å². The Kier molecular flexibility index (Phi) is 7.63. The number of rotatable bonds is 8. The minimum atomic E-state index is -0.104. The molecule has 7 heteroatoms. The molecule has 7 nitrogen and oxygen atoms in total. The van der Waals surface area contributed by atoms with Crippen molar-refractivity contribution in [2.24, 2.45) is 11.7 Å². The molecule has 1 heterocycles. The number of ether oxygens (including phenoxy) is 4. The van der Waals surface area contributed by atoms with E-state index in [-0.39, 0.29) is 5.91 Å². The Bertz CT molecular complexity index is 890. The van der Waals surface area contributed by atoms with Crippen LogP contribution in [0, 0.1) is 5.92 Å². The van der Waals surface area contributed by atoms with Crippen molar-refractivity contribution in [2.45, 2.75) is 26.2 Å². The van der Waals surface area contributed by atoms with Crippen LogP contribution >= 0.6 is 0 Å². The molecule has 0 bridgehead atoms. The number of nitrogens with zero attached hydrogens (tertiary/aromatic N) is 1. The van der Waals surface area contributed by atoms with Crippen molar-refractivity contribution in [2.75, 3.05) is 41.0 Å². The minimum absolute atomic E-state index is 0.104. The number of amides is 1. The van der Waals surface area contributed by atoms with E-state index in [2.05, 4.69) is 6.92 Å². The highest BCUT2D eigenvalue weighted by Gasteiger charge is 2.30. The summed E-state index contributed by atoms with van der Waals surface area (Å²) < 4.78 is 22.8. The third kappa shape index (κ3) is 5.05. The summed E-state index contributed by atoms with van der Waals surface area (Å²) in [5.41, 5.74) is 7.15. The van der Waals surface area contributed by atoms with Crippen LogP contribution in [0.3, 0.4) is 0 Å². The molecular weight excluding hydrogens is 396 g/mol. The third-order valence-corrected chi connectivity index (χ3v) is 5.65. The second kappa shape index (κ2) is 10.4. The maximum absolute atomic E-state index is 13.4. The van der Waals surface area contributed by atoms with E-state index in [1.54, 1.807) is 6.07 Å². The van der Waals surface area contributed by atoms with Crippen LogP contribution in [0.25, 0.3) is 0 Å². The van der Waals surface area contributed by atoms with Crippen molar-refractivity contribution in [1.82, 2.24) is 4.90 Å². The van der Waals surface area contributed by atoms with E-state index in [4.69, 9.17) is 24.7 Å². The van der Waals surface area contributed by atoms with Crippen LogP contribution in [0.1, 0.15) is 35.7 Å². The van der Waals surface area contributed by atoms with Crippen LogP contribution in [0.15, 0.2) is 30.3 Å². The fourth-order valence-corrected chi connectivity index (χ4v) is 3.82. The summed E-state index contributed by atoms with van der Waals surface area (Å²) >= 11 is 0. The number of carbonyl (C=O) groups excluding carboxylic acids is 1. The van der Waals surface area contributed by atoms with E-state index in [1.807, 2.05) is 29.2 Å². The Morgan fingerprint density at radius 3 is 2.16 bits per heavy atom. The zero-order chi connectivity index (χ0) is 22.4. The minimum Gasteiger partial charge on any atom is -0.492 e. The molecule has 0 atom stereocenters. The molecule has 0 aromatic heterocycles. The molecule has 0 radical (unpaired) electrons. The van der Waals surface area contributed by atoms with Crippen molar-refractivity contribution in [3.05, 3.63) is 41.5 Å². The van der Waals surface area contributed by atoms with E-state index in [0.29, 0.717) is 46.8 Å². The fraction of sp³-hybridized carbons (Fsp3) is 0.458. The second-order valence-corrected chi connectivity index (χ2v) is 7.78. The van der Waals surface area contributed by atoms with Gasteiger partial charge < -0.3 is 29.6 Å². The van der Waals surface area contributed by atoms with E-state index >= 15 is 0 Å². The van der Waals surface area contributed by atoms with Gasteiger partial charge in [-0.15, -0.1) is 0 Å². The molecule has 0 spiro atoms. The van der Waals surface area contributed by atoms with Gasteiger partial charge in [-0.05, 0) is 49.4 Å². The number of benzene rings is 2. The predicted molar refractivity (Wildman–Crippen MR) is 120 cm³/mol. The highest BCUT2D eigenvalue weighted by atomic mass is 16.5. The van der Waals surface area contributed by atoms with E-state index < -0.39 is 0 Å². The lowest BCUT2D eigenvalue weighted by atomic mass is 9.98. The summed E-state index contributed by atoms with van der Waals surface area (Å²) in [5.74, 6) is 2.57.